The molecule has 6 heteroatoms. The zero-order chi connectivity index (χ0) is 16.5. The molecule has 1 aliphatic rings. The molecule has 128 valence electrons. The summed E-state index contributed by atoms with van der Waals surface area (Å²) in [6, 6.07) is 7.33. The van der Waals surface area contributed by atoms with Crippen molar-refractivity contribution in [2.24, 2.45) is 0 Å². The molecule has 0 heterocycles. The van der Waals surface area contributed by atoms with Crippen LogP contribution in [0.2, 0.25) is 0 Å². The number of carbonyl (C=O) groups is 1. The smallest absolute Gasteiger partial charge is 0.319 e. The second kappa shape index (κ2) is 9.67. The van der Waals surface area contributed by atoms with E-state index < -0.39 is 10.8 Å². The molecule has 2 N–H and O–H groups in total. The van der Waals surface area contributed by atoms with Crippen molar-refractivity contribution in [3.63, 3.8) is 0 Å². The first-order chi connectivity index (χ1) is 11.2. The number of ether oxygens (including phenoxy) is 1. The summed E-state index contributed by atoms with van der Waals surface area (Å²) in [5, 5.41) is 5.83. The number of rotatable bonds is 7. The van der Waals surface area contributed by atoms with Gasteiger partial charge in [0, 0.05) is 41.1 Å². The maximum Gasteiger partial charge on any atom is 0.319 e. The van der Waals surface area contributed by atoms with Crippen LogP contribution in [0.15, 0.2) is 24.3 Å². The van der Waals surface area contributed by atoms with Crippen LogP contribution in [0.3, 0.4) is 0 Å². The van der Waals surface area contributed by atoms with E-state index in [0.717, 1.165) is 24.1 Å². The first-order valence-corrected chi connectivity index (χ1v) is 9.57. The molecule has 23 heavy (non-hydrogen) atoms. The third-order valence-electron chi connectivity index (χ3n) is 4.01. The quantitative estimate of drug-likeness (QED) is 0.751. The van der Waals surface area contributed by atoms with Gasteiger partial charge in [-0.15, -0.1) is 0 Å². The van der Waals surface area contributed by atoms with Crippen LogP contribution >= 0.6 is 0 Å². The third kappa shape index (κ3) is 6.31. The average molecular weight is 338 g/mol. The van der Waals surface area contributed by atoms with Gasteiger partial charge in [-0.1, -0.05) is 31.4 Å². The highest BCUT2D eigenvalue weighted by Gasteiger charge is 2.19. The SMILES string of the molecule is COCCNC(=O)Nc1cccc(CS(=O)C2CCCCC2)c1. The van der Waals surface area contributed by atoms with E-state index in [1.807, 2.05) is 24.3 Å². The number of carbonyl (C=O) groups excluding carboxylic acids is 1. The molecular weight excluding hydrogens is 312 g/mol. The van der Waals surface area contributed by atoms with E-state index in [9.17, 15) is 9.00 Å². The molecule has 5 nitrogen and oxygen atoms in total. The van der Waals surface area contributed by atoms with E-state index in [-0.39, 0.29) is 6.03 Å². The molecule has 0 saturated heterocycles. The molecule has 1 aliphatic carbocycles. The molecule has 1 aromatic carbocycles. The third-order valence-corrected chi connectivity index (χ3v) is 5.84. The van der Waals surface area contributed by atoms with Crippen LogP contribution in [0.5, 0.6) is 0 Å². The van der Waals surface area contributed by atoms with Gasteiger partial charge >= 0.3 is 6.03 Å². The van der Waals surface area contributed by atoms with Crippen molar-refractivity contribution in [2.45, 2.75) is 43.1 Å². The zero-order valence-electron chi connectivity index (χ0n) is 13.7. The molecule has 0 bridgehead atoms. The molecule has 1 unspecified atom stereocenters. The van der Waals surface area contributed by atoms with Crippen molar-refractivity contribution in [1.82, 2.24) is 5.32 Å². The minimum atomic E-state index is -0.829. The Kier molecular flexibility index (Phi) is 7.55. The topological polar surface area (TPSA) is 67.4 Å². The summed E-state index contributed by atoms with van der Waals surface area (Å²) < 4.78 is 17.4. The Morgan fingerprint density at radius 3 is 2.83 bits per heavy atom. The van der Waals surface area contributed by atoms with E-state index in [1.165, 1.54) is 19.3 Å². The van der Waals surface area contributed by atoms with Gasteiger partial charge < -0.3 is 15.4 Å². The molecule has 0 aliphatic heterocycles. The van der Waals surface area contributed by atoms with Gasteiger partial charge in [0.1, 0.15) is 0 Å². The zero-order valence-corrected chi connectivity index (χ0v) is 14.5. The van der Waals surface area contributed by atoms with Crippen molar-refractivity contribution < 1.29 is 13.7 Å². The standard InChI is InChI=1S/C17H26N2O3S/c1-22-11-10-18-17(20)19-15-7-5-6-14(12-15)13-23(21)16-8-3-2-4-9-16/h5-7,12,16H,2-4,8-11,13H2,1H3,(H2,18,19,20). The summed E-state index contributed by atoms with van der Waals surface area (Å²) in [5.74, 6) is 0.561. The number of amides is 2. The lowest BCUT2D eigenvalue weighted by Crippen LogP contribution is -2.31. The minimum Gasteiger partial charge on any atom is -0.383 e. The molecule has 2 rings (SSSR count). The first kappa shape index (κ1) is 17.9. The molecule has 1 atom stereocenters. The predicted octanol–water partition coefficient (Wildman–Crippen LogP) is 3.04. The highest BCUT2D eigenvalue weighted by Crippen LogP contribution is 2.24. The van der Waals surface area contributed by atoms with Gasteiger partial charge in [0.25, 0.3) is 0 Å². The van der Waals surface area contributed by atoms with Gasteiger partial charge in [-0.05, 0) is 30.5 Å². The van der Waals surface area contributed by atoms with Crippen LogP contribution in [-0.2, 0) is 21.3 Å². The number of hydrogen-bond donors (Lipinski definition) is 2. The lowest BCUT2D eigenvalue weighted by atomic mass is 10.0. The van der Waals surface area contributed by atoms with E-state index in [4.69, 9.17) is 4.74 Å². The summed E-state index contributed by atoms with van der Waals surface area (Å²) in [5.41, 5.74) is 1.72. The van der Waals surface area contributed by atoms with Gasteiger partial charge in [-0.2, -0.15) is 0 Å². The van der Waals surface area contributed by atoms with Gasteiger partial charge in [-0.3, -0.25) is 4.21 Å². The van der Waals surface area contributed by atoms with Crippen LogP contribution in [0, 0.1) is 0 Å². The van der Waals surface area contributed by atoms with Crippen LogP contribution in [0.4, 0.5) is 10.5 Å². The average Bonchev–Trinajstić information content (AvgIpc) is 2.56. The van der Waals surface area contributed by atoms with Gasteiger partial charge in [-0.25, -0.2) is 4.79 Å². The van der Waals surface area contributed by atoms with Gasteiger partial charge in [0.2, 0.25) is 0 Å². The number of methoxy groups -OCH3 is 1. The van der Waals surface area contributed by atoms with Crippen LogP contribution < -0.4 is 10.6 Å². The fourth-order valence-electron chi connectivity index (χ4n) is 2.79. The highest BCUT2D eigenvalue weighted by atomic mass is 32.2. The molecular formula is C17H26N2O3S. The Morgan fingerprint density at radius 1 is 1.30 bits per heavy atom. The summed E-state index contributed by atoms with van der Waals surface area (Å²) in [6.07, 6.45) is 5.81. The van der Waals surface area contributed by atoms with Crippen molar-refractivity contribution >= 4 is 22.5 Å². The van der Waals surface area contributed by atoms with E-state index in [0.29, 0.717) is 24.2 Å². The number of urea groups is 1. The lowest BCUT2D eigenvalue weighted by Gasteiger charge is -2.21. The Bertz CT molecular complexity index is 530. The number of hydrogen-bond acceptors (Lipinski definition) is 3. The molecule has 0 spiro atoms. The molecule has 0 radical (unpaired) electrons. The van der Waals surface area contributed by atoms with E-state index in [2.05, 4.69) is 10.6 Å². The number of anilines is 1. The van der Waals surface area contributed by atoms with E-state index >= 15 is 0 Å². The van der Waals surface area contributed by atoms with Gasteiger partial charge in [0.15, 0.2) is 0 Å². The number of benzene rings is 1. The maximum absolute atomic E-state index is 12.5. The van der Waals surface area contributed by atoms with Crippen LogP contribution in [0.25, 0.3) is 0 Å². The van der Waals surface area contributed by atoms with Crippen LogP contribution in [-0.4, -0.2) is 35.8 Å². The number of nitrogens with one attached hydrogen (secondary N) is 2. The molecule has 2 amide bonds. The highest BCUT2D eigenvalue weighted by molar-refractivity contribution is 7.84. The molecule has 1 aromatic rings. The Morgan fingerprint density at radius 2 is 2.09 bits per heavy atom. The van der Waals surface area contributed by atoms with Crippen molar-refractivity contribution in [3.05, 3.63) is 29.8 Å². The monoisotopic (exact) mass is 338 g/mol. The maximum atomic E-state index is 12.5. The summed E-state index contributed by atoms with van der Waals surface area (Å²) in [7, 11) is 0.763. The Hall–Kier alpha value is -1.40. The molecule has 0 aromatic heterocycles. The normalized spacial score (nSPS) is 16.7. The van der Waals surface area contributed by atoms with Crippen molar-refractivity contribution in [2.75, 3.05) is 25.6 Å². The fraction of sp³-hybridized carbons (Fsp3) is 0.588. The van der Waals surface area contributed by atoms with Crippen molar-refractivity contribution in [1.29, 1.82) is 0 Å². The van der Waals surface area contributed by atoms with E-state index in [1.54, 1.807) is 7.11 Å². The second-order valence-corrected chi connectivity index (χ2v) is 7.58. The Labute approximate surface area is 140 Å². The second-order valence-electron chi connectivity index (χ2n) is 5.86. The Balaban J connectivity index is 1.86. The largest absolute Gasteiger partial charge is 0.383 e. The summed E-state index contributed by atoms with van der Waals surface area (Å²) in [4.78, 5) is 11.7. The van der Waals surface area contributed by atoms with Crippen molar-refractivity contribution in [3.8, 4) is 0 Å². The van der Waals surface area contributed by atoms with Gasteiger partial charge in [0.05, 0.1) is 6.61 Å². The van der Waals surface area contributed by atoms with Crippen LogP contribution in [0.1, 0.15) is 37.7 Å². The molecule has 1 saturated carbocycles. The summed E-state index contributed by atoms with van der Waals surface area (Å²) in [6.45, 7) is 0.946. The minimum absolute atomic E-state index is 0.257. The molecule has 1 fully saturated rings. The predicted molar refractivity (Wildman–Crippen MR) is 94.1 cm³/mol. The fourth-order valence-corrected chi connectivity index (χ4v) is 4.39. The first-order valence-electron chi connectivity index (χ1n) is 8.19. The summed E-state index contributed by atoms with van der Waals surface area (Å²) >= 11 is 0. The lowest BCUT2D eigenvalue weighted by molar-refractivity contribution is 0.198.